The van der Waals surface area contributed by atoms with E-state index in [0.29, 0.717) is 12.1 Å². The van der Waals surface area contributed by atoms with Crippen LogP contribution in [-0.4, -0.2) is 30.3 Å². The summed E-state index contributed by atoms with van der Waals surface area (Å²) in [5, 5.41) is 0.197. The van der Waals surface area contributed by atoms with Gasteiger partial charge in [0.15, 0.2) is 0 Å². The van der Waals surface area contributed by atoms with Gasteiger partial charge in [0, 0.05) is 18.2 Å². The molecule has 1 fully saturated rings. The molecule has 0 saturated carbocycles. The lowest BCUT2D eigenvalue weighted by Gasteiger charge is -2.32. The lowest BCUT2D eigenvalue weighted by atomic mass is 10.1. The van der Waals surface area contributed by atoms with Crippen molar-refractivity contribution < 1.29 is 8.42 Å². The molecule has 0 aromatic heterocycles. The van der Waals surface area contributed by atoms with Gasteiger partial charge in [-0.1, -0.05) is 36.3 Å². The summed E-state index contributed by atoms with van der Waals surface area (Å²) in [6, 6.07) is 4.60. The topological polar surface area (TPSA) is 63.4 Å². The van der Waals surface area contributed by atoms with Gasteiger partial charge in [-0.2, -0.15) is 4.31 Å². The van der Waals surface area contributed by atoms with Gasteiger partial charge in [-0.05, 0) is 31.9 Å². The maximum absolute atomic E-state index is 12.8. The average molecular weight is 333 g/mol. The number of benzene rings is 1. The molecule has 0 aliphatic carbocycles. The SMILES string of the molecule is CC1CCCCN1S(=O)(=O)c1cc(C(N)=S)ccc1Cl. The van der Waals surface area contributed by atoms with Crippen molar-refractivity contribution in [3.05, 3.63) is 28.8 Å². The number of hydrogen-bond acceptors (Lipinski definition) is 3. The van der Waals surface area contributed by atoms with Crippen molar-refractivity contribution in [1.82, 2.24) is 4.31 Å². The minimum absolute atomic E-state index is 0.0155. The minimum atomic E-state index is -3.61. The van der Waals surface area contributed by atoms with Crippen molar-refractivity contribution in [3.8, 4) is 0 Å². The van der Waals surface area contributed by atoms with Crippen LogP contribution >= 0.6 is 23.8 Å². The number of nitrogens with zero attached hydrogens (tertiary/aromatic N) is 1. The number of sulfonamides is 1. The van der Waals surface area contributed by atoms with Gasteiger partial charge in [0.2, 0.25) is 10.0 Å². The Morgan fingerprint density at radius 2 is 2.15 bits per heavy atom. The van der Waals surface area contributed by atoms with Crippen LogP contribution in [0.2, 0.25) is 5.02 Å². The van der Waals surface area contributed by atoms with Crippen LogP contribution in [0.4, 0.5) is 0 Å². The van der Waals surface area contributed by atoms with E-state index in [-0.39, 0.29) is 20.9 Å². The van der Waals surface area contributed by atoms with E-state index < -0.39 is 10.0 Å². The first-order valence-electron chi connectivity index (χ1n) is 6.45. The van der Waals surface area contributed by atoms with Gasteiger partial charge < -0.3 is 5.73 Å². The molecule has 2 rings (SSSR count). The molecule has 2 N–H and O–H groups in total. The highest BCUT2D eigenvalue weighted by atomic mass is 35.5. The molecule has 1 aliphatic rings. The van der Waals surface area contributed by atoms with E-state index in [1.54, 1.807) is 6.07 Å². The number of piperidine rings is 1. The number of nitrogens with two attached hydrogens (primary N) is 1. The summed E-state index contributed by atoms with van der Waals surface area (Å²) in [5.41, 5.74) is 6.07. The Morgan fingerprint density at radius 1 is 1.45 bits per heavy atom. The third-order valence-electron chi connectivity index (χ3n) is 3.54. The Labute approximate surface area is 130 Å². The molecule has 110 valence electrons. The zero-order valence-corrected chi connectivity index (χ0v) is 13.6. The molecule has 0 amide bonds. The van der Waals surface area contributed by atoms with Crippen LogP contribution in [0.15, 0.2) is 23.1 Å². The quantitative estimate of drug-likeness (QED) is 0.864. The highest BCUT2D eigenvalue weighted by molar-refractivity contribution is 7.89. The summed E-state index contributed by atoms with van der Waals surface area (Å²) in [5.74, 6) is 0. The van der Waals surface area contributed by atoms with Gasteiger partial charge in [-0.25, -0.2) is 8.42 Å². The number of rotatable bonds is 3. The monoisotopic (exact) mass is 332 g/mol. The first-order chi connectivity index (χ1) is 9.34. The molecule has 0 bridgehead atoms. The van der Waals surface area contributed by atoms with E-state index >= 15 is 0 Å². The minimum Gasteiger partial charge on any atom is -0.389 e. The number of hydrogen-bond donors (Lipinski definition) is 1. The highest BCUT2D eigenvalue weighted by Crippen LogP contribution is 2.30. The molecule has 20 heavy (non-hydrogen) atoms. The van der Waals surface area contributed by atoms with E-state index in [2.05, 4.69) is 0 Å². The van der Waals surface area contributed by atoms with Crippen LogP contribution in [0.5, 0.6) is 0 Å². The van der Waals surface area contributed by atoms with E-state index in [1.165, 1.54) is 16.4 Å². The Bertz CT molecular complexity index is 631. The first kappa shape index (κ1) is 15.7. The second-order valence-electron chi connectivity index (χ2n) is 4.97. The van der Waals surface area contributed by atoms with Crippen LogP contribution < -0.4 is 5.73 Å². The van der Waals surface area contributed by atoms with Crippen LogP contribution in [0.1, 0.15) is 31.7 Å². The second-order valence-corrected chi connectivity index (χ2v) is 7.68. The number of halogens is 1. The summed E-state index contributed by atoms with van der Waals surface area (Å²) in [4.78, 5) is 0.239. The molecule has 4 nitrogen and oxygen atoms in total. The van der Waals surface area contributed by atoms with Gasteiger partial charge >= 0.3 is 0 Å². The van der Waals surface area contributed by atoms with Crippen LogP contribution in [0.3, 0.4) is 0 Å². The van der Waals surface area contributed by atoms with Gasteiger partial charge in [0.1, 0.15) is 9.88 Å². The molecular formula is C13H17ClN2O2S2. The standard InChI is InChI=1S/C13H17ClN2O2S2/c1-9-4-2-3-7-16(9)20(17,18)12-8-10(13(15)19)5-6-11(12)14/h5-6,8-9H,2-4,7H2,1H3,(H2,15,19). The summed E-state index contributed by atoms with van der Waals surface area (Å²) in [6.07, 6.45) is 2.79. The average Bonchev–Trinajstić information content (AvgIpc) is 2.39. The van der Waals surface area contributed by atoms with E-state index in [0.717, 1.165) is 19.3 Å². The maximum Gasteiger partial charge on any atom is 0.244 e. The maximum atomic E-state index is 12.8. The number of thiocarbonyl (C=S) groups is 1. The zero-order valence-electron chi connectivity index (χ0n) is 11.2. The predicted molar refractivity (Wildman–Crippen MR) is 84.5 cm³/mol. The van der Waals surface area contributed by atoms with Crippen molar-refractivity contribution in [2.24, 2.45) is 5.73 Å². The molecule has 1 saturated heterocycles. The summed E-state index contributed by atoms with van der Waals surface area (Å²) in [6.45, 7) is 2.44. The summed E-state index contributed by atoms with van der Waals surface area (Å²) < 4.78 is 27.0. The van der Waals surface area contributed by atoms with E-state index in [1.807, 2.05) is 6.92 Å². The van der Waals surface area contributed by atoms with Crippen LogP contribution in [0, 0.1) is 0 Å². The van der Waals surface area contributed by atoms with E-state index in [9.17, 15) is 8.42 Å². The van der Waals surface area contributed by atoms with Gasteiger partial charge in [0.05, 0.1) is 5.02 Å². The second kappa shape index (κ2) is 5.97. The van der Waals surface area contributed by atoms with E-state index in [4.69, 9.17) is 29.6 Å². The smallest absolute Gasteiger partial charge is 0.244 e. The summed E-state index contributed by atoms with van der Waals surface area (Å²) >= 11 is 11.0. The fourth-order valence-corrected chi connectivity index (χ4v) is 4.74. The van der Waals surface area contributed by atoms with Crippen molar-refractivity contribution in [3.63, 3.8) is 0 Å². The van der Waals surface area contributed by atoms with Crippen molar-refractivity contribution >= 4 is 38.8 Å². The predicted octanol–water partition coefficient (Wildman–Crippen LogP) is 2.54. The van der Waals surface area contributed by atoms with Gasteiger partial charge in [-0.15, -0.1) is 0 Å². The molecule has 1 atom stereocenters. The Kier molecular flexibility index (Phi) is 4.69. The third kappa shape index (κ3) is 2.98. The molecule has 0 spiro atoms. The molecule has 1 aliphatic heterocycles. The highest BCUT2D eigenvalue weighted by Gasteiger charge is 2.32. The Hall–Kier alpha value is -0.690. The third-order valence-corrected chi connectivity index (χ3v) is 6.28. The molecule has 7 heteroatoms. The van der Waals surface area contributed by atoms with Crippen molar-refractivity contribution in [2.75, 3.05) is 6.54 Å². The molecule has 1 aromatic carbocycles. The Balaban J connectivity index is 2.48. The Morgan fingerprint density at radius 3 is 2.75 bits per heavy atom. The van der Waals surface area contributed by atoms with Gasteiger partial charge in [0.25, 0.3) is 0 Å². The normalized spacial score (nSPS) is 20.8. The fraction of sp³-hybridized carbons (Fsp3) is 0.462. The van der Waals surface area contributed by atoms with Crippen molar-refractivity contribution in [2.45, 2.75) is 37.1 Å². The lowest BCUT2D eigenvalue weighted by Crippen LogP contribution is -2.42. The van der Waals surface area contributed by atoms with Crippen molar-refractivity contribution in [1.29, 1.82) is 0 Å². The fourth-order valence-electron chi connectivity index (χ4n) is 2.41. The lowest BCUT2D eigenvalue weighted by molar-refractivity contribution is 0.268. The molecule has 0 radical (unpaired) electrons. The summed E-state index contributed by atoms with van der Waals surface area (Å²) in [7, 11) is -3.61. The molecule has 1 aromatic rings. The molecule has 1 heterocycles. The molecule has 1 unspecified atom stereocenters. The molecular weight excluding hydrogens is 316 g/mol. The van der Waals surface area contributed by atoms with Crippen LogP contribution in [-0.2, 0) is 10.0 Å². The first-order valence-corrected chi connectivity index (χ1v) is 8.68. The van der Waals surface area contributed by atoms with Gasteiger partial charge in [-0.3, -0.25) is 0 Å². The largest absolute Gasteiger partial charge is 0.389 e. The van der Waals surface area contributed by atoms with Crippen LogP contribution in [0.25, 0.3) is 0 Å². The zero-order chi connectivity index (χ0) is 14.9.